The van der Waals surface area contributed by atoms with E-state index in [9.17, 15) is 14.3 Å². The molecule has 0 aliphatic rings. The molecule has 0 saturated heterocycles. The number of hydrogen-bond donors (Lipinski definition) is 0. The van der Waals surface area contributed by atoms with E-state index in [1.165, 1.54) is 89.9 Å². The Hall–Kier alpha value is -0.500. The zero-order valence-electron chi connectivity index (χ0n) is 23.8. The van der Waals surface area contributed by atoms with E-state index in [0.29, 0.717) is 17.6 Å². The Morgan fingerprint density at radius 1 is 0.722 bits per heavy atom. The molecule has 0 bridgehead atoms. The van der Waals surface area contributed by atoms with Crippen LogP contribution in [0.1, 0.15) is 110 Å². The molecule has 216 valence electrons. The van der Waals surface area contributed by atoms with E-state index in [0.717, 1.165) is 12.8 Å². The predicted octanol–water partition coefficient (Wildman–Crippen LogP) is 6.01. The molecule has 2 atom stereocenters. The third kappa shape index (κ3) is 26.6. The van der Waals surface area contributed by atoms with Gasteiger partial charge >= 0.3 is 0 Å². The zero-order chi connectivity index (χ0) is 27.0. The summed E-state index contributed by atoms with van der Waals surface area (Å²) in [5, 5.41) is 0. The number of nitrogens with zero attached hydrogens (tertiary/aromatic N) is 1. The number of phosphoric ester groups is 1. The Bertz CT molecular complexity index is 543. The molecule has 0 aromatic rings. The average molecular weight is 538 g/mol. The summed E-state index contributed by atoms with van der Waals surface area (Å²) in [6.45, 7) is 3.42. The molecule has 0 heterocycles. The molecule has 0 amide bonds. The van der Waals surface area contributed by atoms with Crippen molar-refractivity contribution in [1.82, 2.24) is 0 Å². The Labute approximate surface area is 221 Å². The lowest BCUT2D eigenvalue weighted by molar-refractivity contribution is -0.870. The van der Waals surface area contributed by atoms with Crippen LogP contribution in [0.2, 0.25) is 0 Å². The monoisotopic (exact) mass is 537 g/mol. The molecule has 2 unspecified atom stereocenters. The van der Waals surface area contributed by atoms with Gasteiger partial charge in [0, 0.05) is 6.61 Å². The second-order valence-electron chi connectivity index (χ2n) is 10.8. The summed E-state index contributed by atoms with van der Waals surface area (Å²) in [5.41, 5.74) is 0. The van der Waals surface area contributed by atoms with Gasteiger partial charge in [0.15, 0.2) is 0 Å². The van der Waals surface area contributed by atoms with Crippen molar-refractivity contribution < 1.29 is 37.3 Å². The van der Waals surface area contributed by atoms with Gasteiger partial charge in [0.2, 0.25) is 0 Å². The third-order valence-electron chi connectivity index (χ3n) is 6.12. The van der Waals surface area contributed by atoms with E-state index in [1.807, 2.05) is 21.1 Å². The van der Waals surface area contributed by atoms with Gasteiger partial charge in [-0.25, -0.2) is 0 Å². The lowest BCUT2D eigenvalue weighted by Crippen LogP contribution is -2.37. The number of likely N-dealkylation sites (N-methyl/N-ethyl adjacent to an activating group) is 1. The van der Waals surface area contributed by atoms with E-state index in [4.69, 9.17) is 18.5 Å². The van der Waals surface area contributed by atoms with Crippen molar-refractivity contribution in [1.29, 1.82) is 0 Å². The van der Waals surface area contributed by atoms with Gasteiger partial charge < -0.3 is 27.9 Å². The molecule has 0 radical (unpaired) electrons. The molecule has 0 saturated carbocycles. The molecular formula is C27H56NO7P. The minimum Gasteiger partial charge on any atom is -0.756 e. The second kappa shape index (κ2) is 23.6. The quantitative estimate of drug-likeness (QED) is 0.0522. The van der Waals surface area contributed by atoms with Crippen LogP contribution in [0.3, 0.4) is 0 Å². The van der Waals surface area contributed by atoms with Crippen LogP contribution in [-0.2, 0) is 27.9 Å². The molecule has 0 aromatic heterocycles. The Morgan fingerprint density at radius 3 is 1.64 bits per heavy atom. The molecule has 0 spiro atoms. The van der Waals surface area contributed by atoms with Crippen LogP contribution in [0, 0.1) is 0 Å². The lowest BCUT2D eigenvalue weighted by atomic mass is 10.0. The number of rotatable bonds is 28. The minimum absolute atomic E-state index is 0.0270. The van der Waals surface area contributed by atoms with Gasteiger partial charge in [-0.05, 0) is 6.42 Å². The minimum atomic E-state index is -4.45. The number of ether oxygens (including phenoxy) is 2. The first-order chi connectivity index (χ1) is 17.2. The standard InChI is InChI=1S/C27H56NO7P/c1-5-6-7-8-9-10-11-12-13-14-15-16-17-18-19-20-22-32-24-27(33-26-29)25-35-36(30,31)34-23-21-28(2,3)4/h26-27H,5-25H2,1-4H3. The largest absolute Gasteiger partial charge is 0.756 e. The van der Waals surface area contributed by atoms with Crippen molar-refractivity contribution in [2.45, 2.75) is 116 Å². The Morgan fingerprint density at radius 2 is 1.19 bits per heavy atom. The first-order valence-corrected chi connectivity index (χ1v) is 15.7. The van der Waals surface area contributed by atoms with Crippen LogP contribution in [-0.4, -0.2) is 71.2 Å². The van der Waals surface area contributed by atoms with E-state index < -0.39 is 13.9 Å². The van der Waals surface area contributed by atoms with Crippen LogP contribution in [0.15, 0.2) is 0 Å². The van der Waals surface area contributed by atoms with Gasteiger partial charge in [0.1, 0.15) is 19.3 Å². The first-order valence-electron chi connectivity index (χ1n) is 14.3. The number of quaternary nitrogens is 1. The van der Waals surface area contributed by atoms with E-state index >= 15 is 0 Å². The summed E-state index contributed by atoms with van der Waals surface area (Å²) >= 11 is 0. The van der Waals surface area contributed by atoms with Gasteiger partial charge in [0.25, 0.3) is 14.3 Å². The molecule has 0 aromatic carbocycles. The smallest absolute Gasteiger partial charge is 0.293 e. The fourth-order valence-electron chi connectivity index (χ4n) is 3.81. The van der Waals surface area contributed by atoms with Crippen LogP contribution in [0.5, 0.6) is 0 Å². The first kappa shape index (κ1) is 35.5. The maximum absolute atomic E-state index is 11.9. The normalized spacial score (nSPS) is 14.5. The molecule has 9 heteroatoms. The topological polar surface area (TPSA) is 94.1 Å². The van der Waals surface area contributed by atoms with Crippen LogP contribution >= 0.6 is 7.82 Å². The summed E-state index contributed by atoms with van der Waals surface area (Å²) < 4.78 is 32.6. The Balaban J connectivity index is 3.60. The number of carbonyl (C=O) groups excluding carboxylic acids is 1. The molecule has 0 aliphatic heterocycles. The maximum Gasteiger partial charge on any atom is 0.293 e. The lowest BCUT2D eigenvalue weighted by Gasteiger charge is -2.28. The maximum atomic E-state index is 11.9. The van der Waals surface area contributed by atoms with Crippen molar-refractivity contribution in [3.63, 3.8) is 0 Å². The molecular weight excluding hydrogens is 481 g/mol. The van der Waals surface area contributed by atoms with E-state index in [-0.39, 0.29) is 26.3 Å². The molecule has 0 N–H and O–H groups in total. The van der Waals surface area contributed by atoms with Crippen molar-refractivity contribution in [2.75, 3.05) is 54.1 Å². The summed E-state index contributed by atoms with van der Waals surface area (Å²) in [6.07, 6.45) is 20.2. The number of phosphoric acid groups is 1. The van der Waals surface area contributed by atoms with E-state index in [1.54, 1.807) is 0 Å². The Kier molecular flexibility index (Phi) is 23.3. The summed E-state index contributed by atoms with van der Waals surface area (Å²) in [4.78, 5) is 22.6. The van der Waals surface area contributed by atoms with Gasteiger partial charge in [-0.1, -0.05) is 103 Å². The molecule has 0 rings (SSSR count). The van der Waals surface area contributed by atoms with Gasteiger partial charge in [-0.2, -0.15) is 0 Å². The number of unbranched alkanes of at least 4 members (excludes halogenated alkanes) is 15. The van der Waals surface area contributed by atoms with Crippen molar-refractivity contribution >= 4 is 14.3 Å². The van der Waals surface area contributed by atoms with Crippen LogP contribution < -0.4 is 4.89 Å². The molecule has 0 fully saturated rings. The summed E-state index contributed by atoms with van der Waals surface area (Å²) in [6, 6.07) is 0. The third-order valence-corrected chi connectivity index (χ3v) is 7.09. The summed E-state index contributed by atoms with van der Waals surface area (Å²) in [7, 11) is 1.36. The van der Waals surface area contributed by atoms with Gasteiger partial charge in [-0.15, -0.1) is 0 Å². The van der Waals surface area contributed by atoms with E-state index in [2.05, 4.69) is 6.92 Å². The highest BCUT2D eigenvalue weighted by Crippen LogP contribution is 2.38. The van der Waals surface area contributed by atoms with Crippen molar-refractivity contribution in [2.24, 2.45) is 0 Å². The highest BCUT2D eigenvalue weighted by Gasteiger charge is 2.17. The van der Waals surface area contributed by atoms with Crippen LogP contribution in [0.4, 0.5) is 0 Å². The van der Waals surface area contributed by atoms with Gasteiger partial charge in [0.05, 0.1) is 34.4 Å². The average Bonchev–Trinajstić information content (AvgIpc) is 2.80. The fourth-order valence-corrected chi connectivity index (χ4v) is 4.54. The fraction of sp³-hybridized carbons (Fsp3) is 0.963. The van der Waals surface area contributed by atoms with Crippen molar-refractivity contribution in [3.05, 3.63) is 0 Å². The molecule has 0 aliphatic carbocycles. The molecule has 36 heavy (non-hydrogen) atoms. The highest BCUT2D eigenvalue weighted by molar-refractivity contribution is 7.45. The van der Waals surface area contributed by atoms with Crippen LogP contribution in [0.25, 0.3) is 0 Å². The predicted molar refractivity (Wildman–Crippen MR) is 144 cm³/mol. The zero-order valence-corrected chi connectivity index (χ0v) is 24.7. The second-order valence-corrected chi connectivity index (χ2v) is 12.2. The number of carbonyl (C=O) groups is 1. The van der Waals surface area contributed by atoms with Crippen molar-refractivity contribution in [3.8, 4) is 0 Å². The highest BCUT2D eigenvalue weighted by atomic mass is 31.2. The SMILES string of the molecule is CCCCCCCCCCCCCCCCCCOCC(COP(=O)([O-])OCC[N+](C)(C)C)OC=O. The molecule has 8 nitrogen and oxygen atoms in total. The summed E-state index contributed by atoms with van der Waals surface area (Å²) in [5.74, 6) is 0. The number of hydrogen-bond acceptors (Lipinski definition) is 7. The van der Waals surface area contributed by atoms with Gasteiger partial charge in [-0.3, -0.25) is 9.36 Å².